The Balaban J connectivity index is 2.10. The number of carbonyl (C=O) groups is 1. The van der Waals surface area contributed by atoms with Crippen LogP contribution in [-0.2, 0) is 6.61 Å². The fraction of sp³-hybridized carbons (Fsp3) is 0.154. The number of carboxylic acid groups (broad SMARTS) is 1. The van der Waals surface area contributed by atoms with Gasteiger partial charge in [0.05, 0.1) is 18.1 Å². The molecule has 8 nitrogen and oxygen atoms in total. The molecule has 0 amide bonds. The summed E-state index contributed by atoms with van der Waals surface area (Å²) in [6.07, 6.45) is 0. The molecule has 2 rings (SSSR count). The minimum atomic E-state index is -1.18. The van der Waals surface area contributed by atoms with E-state index < -0.39 is 10.9 Å². The van der Waals surface area contributed by atoms with Gasteiger partial charge in [-0.15, -0.1) is 0 Å². The molecule has 8 heteroatoms. The van der Waals surface area contributed by atoms with Gasteiger partial charge in [-0.1, -0.05) is 0 Å². The van der Waals surface area contributed by atoms with Crippen LogP contribution >= 0.6 is 0 Å². The average Bonchev–Trinajstić information content (AvgIpc) is 2.94. The van der Waals surface area contributed by atoms with Crippen molar-refractivity contribution >= 4 is 11.7 Å². The summed E-state index contributed by atoms with van der Waals surface area (Å²) in [7, 11) is 1.33. The number of benzene rings is 1. The molecule has 0 aliphatic carbocycles. The molecule has 0 aliphatic heterocycles. The van der Waals surface area contributed by atoms with Gasteiger partial charge in [-0.2, -0.15) is 0 Å². The molecule has 0 bridgehead atoms. The van der Waals surface area contributed by atoms with E-state index in [1.165, 1.54) is 37.4 Å². The third-order valence-corrected chi connectivity index (χ3v) is 2.60. The van der Waals surface area contributed by atoms with Crippen LogP contribution in [0.3, 0.4) is 0 Å². The molecule has 21 heavy (non-hydrogen) atoms. The molecule has 0 unspecified atom stereocenters. The lowest BCUT2D eigenvalue weighted by atomic mass is 10.3. The van der Waals surface area contributed by atoms with Gasteiger partial charge in [0.1, 0.15) is 18.1 Å². The van der Waals surface area contributed by atoms with E-state index >= 15 is 0 Å². The van der Waals surface area contributed by atoms with Gasteiger partial charge in [0, 0.05) is 0 Å². The van der Waals surface area contributed by atoms with Crippen LogP contribution in [0.15, 0.2) is 34.7 Å². The third-order valence-electron chi connectivity index (χ3n) is 2.60. The topological polar surface area (TPSA) is 112 Å². The molecule has 0 radical (unpaired) electrons. The van der Waals surface area contributed by atoms with E-state index in [1.807, 2.05) is 0 Å². The molecule has 0 saturated carbocycles. The van der Waals surface area contributed by atoms with Crippen molar-refractivity contribution in [2.75, 3.05) is 7.11 Å². The van der Waals surface area contributed by atoms with Crippen LogP contribution in [0.1, 0.15) is 16.3 Å². The normalized spacial score (nSPS) is 10.1. The fourth-order valence-corrected chi connectivity index (χ4v) is 1.63. The van der Waals surface area contributed by atoms with Gasteiger partial charge in [-0.05, 0) is 24.3 Å². The van der Waals surface area contributed by atoms with Crippen LogP contribution in [0.5, 0.6) is 11.5 Å². The van der Waals surface area contributed by atoms with Gasteiger partial charge >= 0.3 is 11.7 Å². The first kappa shape index (κ1) is 14.4. The molecule has 1 aromatic heterocycles. The number of nitro benzene ring substituents is 1. The summed E-state index contributed by atoms with van der Waals surface area (Å²) in [6, 6.07) is 6.91. The van der Waals surface area contributed by atoms with E-state index in [9.17, 15) is 14.9 Å². The van der Waals surface area contributed by atoms with Crippen molar-refractivity contribution in [3.63, 3.8) is 0 Å². The van der Waals surface area contributed by atoms with Crippen LogP contribution < -0.4 is 9.47 Å². The summed E-state index contributed by atoms with van der Waals surface area (Å²) < 4.78 is 15.2. The standard InChI is InChI=1S/C13H11NO7/c1-19-11-4-2-8(6-10(11)14(17)18)20-7-9-3-5-12(21-9)13(15)16/h2-6H,7H2,1H3,(H,15,16). The molecule has 0 fully saturated rings. The van der Waals surface area contributed by atoms with Gasteiger partial charge < -0.3 is 19.0 Å². The van der Waals surface area contributed by atoms with Gasteiger partial charge in [-0.25, -0.2) is 4.79 Å². The number of aromatic carboxylic acids is 1. The monoisotopic (exact) mass is 293 g/mol. The molecule has 1 N–H and O–H groups in total. The summed E-state index contributed by atoms with van der Waals surface area (Å²) in [5.41, 5.74) is -0.222. The number of nitrogens with zero attached hydrogens (tertiary/aromatic N) is 1. The number of furan rings is 1. The Morgan fingerprint density at radius 3 is 2.71 bits per heavy atom. The van der Waals surface area contributed by atoms with E-state index in [0.717, 1.165) is 0 Å². The third kappa shape index (κ3) is 3.30. The second-order valence-corrected chi connectivity index (χ2v) is 3.95. The highest BCUT2D eigenvalue weighted by Gasteiger charge is 2.16. The smallest absolute Gasteiger partial charge is 0.371 e. The van der Waals surface area contributed by atoms with Crippen molar-refractivity contribution in [1.82, 2.24) is 0 Å². The quantitative estimate of drug-likeness (QED) is 0.643. The minimum Gasteiger partial charge on any atom is -0.490 e. The van der Waals surface area contributed by atoms with Crippen molar-refractivity contribution in [3.05, 3.63) is 52.0 Å². The number of ether oxygens (including phenoxy) is 2. The molecular formula is C13H11NO7. The zero-order valence-electron chi connectivity index (χ0n) is 10.9. The van der Waals surface area contributed by atoms with E-state index in [2.05, 4.69) is 0 Å². The van der Waals surface area contributed by atoms with Crippen LogP contribution in [-0.4, -0.2) is 23.1 Å². The summed E-state index contributed by atoms with van der Waals surface area (Å²) in [5, 5.41) is 19.6. The highest BCUT2D eigenvalue weighted by molar-refractivity contribution is 5.84. The molecule has 2 aromatic rings. The van der Waals surface area contributed by atoms with Crippen LogP contribution in [0.2, 0.25) is 0 Å². The van der Waals surface area contributed by atoms with Gasteiger partial charge in [-0.3, -0.25) is 10.1 Å². The summed E-state index contributed by atoms with van der Waals surface area (Å²) in [6.45, 7) is -0.0449. The Bertz CT molecular complexity index is 677. The largest absolute Gasteiger partial charge is 0.490 e. The second kappa shape index (κ2) is 5.95. The number of rotatable bonds is 6. The zero-order chi connectivity index (χ0) is 15.4. The minimum absolute atomic E-state index is 0.0449. The van der Waals surface area contributed by atoms with Gasteiger partial charge in [0.25, 0.3) is 0 Å². The van der Waals surface area contributed by atoms with E-state index in [-0.39, 0.29) is 29.6 Å². The molecule has 0 atom stereocenters. The number of nitro groups is 1. The zero-order valence-corrected chi connectivity index (χ0v) is 10.9. The first-order valence-electron chi connectivity index (χ1n) is 5.78. The van der Waals surface area contributed by atoms with Crippen molar-refractivity contribution in [1.29, 1.82) is 0 Å². The predicted octanol–water partition coefficient (Wildman–Crippen LogP) is 2.47. The molecular weight excluding hydrogens is 282 g/mol. The molecule has 0 spiro atoms. The summed E-state index contributed by atoms with van der Waals surface area (Å²) in [5.74, 6) is -0.712. The van der Waals surface area contributed by atoms with Crippen molar-refractivity contribution in [2.24, 2.45) is 0 Å². The van der Waals surface area contributed by atoms with E-state index in [0.29, 0.717) is 5.76 Å². The first-order chi connectivity index (χ1) is 10.0. The maximum atomic E-state index is 10.9. The second-order valence-electron chi connectivity index (χ2n) is 3.95. The maximum absolute atomic E-state index is 10.9. The summed E-state index contributed by atoms with van der Waals surface area (Å²) >= 11 is 0. The van der Waals surface area contributed by atoms with Crippen molar-refractivity contribution in [2.45, 2.75) is 6.61 Å². The lowest BCUT2D eigenvalue weighted by molar-refractivity contribution is -0.385. The summed E-state index contributed by atoms with van der Waals surface area (Å²) in [4.78, 5) is 20.9. The predicted molar refractivity (Wildman–Crippen MR) is 69.6 cm³/mol. The molecule has 1 heterocycles. The molecule has 110 valence electrons. The van der Waals surface area contributed by atoms with Crippen molar-refractivity contribution < 1.29 is 28.7 Å². The SMILES string of the molecule is COc1ccc(OCc2ccc(C(=O)O)o2)cc1[N+](=O)[O-]. The highest BCUT2D eigenvalue weighted by atomic mass is 16.6. The van der Waals surface area contributed by atoms with Gasteiger partial charge in [0.15, 0.2) is 5.75 Å². The fourth-order valence-electron chi connectivity index (χ4n) is 1.63. The average molecular weight is 293 g/mol. The molecule has 0 aliphatic rings. The number of carboxylic acids is 1. The lowest BCUT2D eigenvalue weighted by Gasteiger charge is -2.06. The number of hydrogen-bond acceptors (Lipinski definition) is 6. The van der Waals surface area contributed by atoms with Crippen LogP contribution in [0.4, 0.5) is 5.69 Å². The molecule has 1 aromatic carbocycles. The lowest BCUT2D eigenvalue weighted by Crippen LogP contribution is -1.98. The highest BCUT2D eigenvalue weighted by Crippen LogP contribution is 2.31. The number of methoxy groups -OCH3 is 1. The Morgan fingerprint density at radius 1 is 1.38 bits per heavy atom. The van der Waals surface area contributed by atoms with E-state index in [4.69, 9.17) is 19.0 Å². The Hall–Kier alpha value is -3.03. The first-order valence-corrected chi connectivity index (χ1v) is 5.78. The Labute approximate surface area is 118 Å². The molecule has 0 saturated heterocycles. The van der Waals surface area contributed by atoms with Crippen molar-refractivity contribution in [3.8, 4) is 11.5 Å². The maximum Gasteiger partial charge on any atom is 0.371 e. The number of hydrogen-bond donors (Lipinski definition) is 1. The Kier molecular flexibility index (Phi) is 4.07. The van der Waals surface area contributed by atoms with Gasteiger partial charge in [0.2, 0.25) is 5.76 Å². The van der Waals surface area contributed by atoms with E-state index in [1.54, 1.807) is 0 Å². The van der Waals surface area contributed by atoms with Crippen LogP contribution in [0.25, 0.3) is 0 Å². The van der Waals surface area contributed by atoms with Crippen LogP contribution in [0, 0.1) is 10.1 Å². The Morgan fingerprint density at radius 2 is 2.14 bits per heavy atom.